The van der Waals surface area contributed by atoms with Gasteiger partial charge in [-0.2, -0.15) is 0 Å². The Morgan fingerprint density at radius 2 is 1.60 bits per heavy atom. The highest BCUT2D eigenvalue weighted by molar-refractivity contribution is 7.90. The zero-order valence-electron chi connectivity index (χ0n) is 13.7. The molecule has 0 fully saturated rings. The van der Waals surface area contributed by atoms with E-state index < -0.39 is 28.3 Å². The van der Waals surface area contributed by atoms with E-state index in [1.165, 1.54) is 31.4 Å². The first-order chi connectivity index (χ1) is 11.8. The molecule has 0 bridgehead atoms. The third kappa shape index (κ3) is 5.32. The van der Waals surface area contributed by atoms with E-state index in [0.29, 0.717) is 11.4 Å². The Labute approximate surface area is 145 Å². The van der Waals surface area contributed by atoms with E-state index in [9.17, 15) is 18.0 Å². The summed E-state index contributed by atoms with van der Waals surface area (Å²) in [5.41, 5.74) is 0.698. The summed E-state index contributed by atoms with van der Waals surface area (Å²) in [6.45, 7) is -0.460. The molecule has 2 aromatic rings. The standard InChI is InChI=1S/C17H17NO6S/c1-23-14-7-5-13(6-8-14)18-16(19)11-24-17(20)12-3-9-15(10-4-12)25(2,21)22/h3-10H,11H2,1-2H3,(H,18,19). The van der Waals surface area contributed by atoms with Gasteiger partial charge in [-0.3, -0.25) is 4.79 Å². The minimum absolute atomic E-state index is 0.0984. The molecule has 7 nitrogen and oxygen atoms in total. The minimum Gasteiger partial charge on any atom is -0.497 e. The Balaban J connectivity index is 1.89. The van der Waals surface area contributed by atoms with Crippen LogP contribution < -0.4 is 10.1 Å². The monoisotopic (exact) mass is 363 g/mol. The number of benzene rings is 2. The quantitative estimate of drug-likeness (QED) is 0.787. The minimum atomic E-state index is -3.34. The van der Waals surface area contributed by atoms with Gasteiger partial charge < -0.3 is 14.8 Å². The lowest BCUT2D eigenvalue weighted by Gasteiger charge is -2.07. The fourth-order valence-electron chi connectivity index (χ4n) is 1.92. The van der Waals surface area contributed by atoms with Gasteiger partial charge in [0.2, 0.25) is 0 Å². The molecule has 0 heterocycles. The highest BCUT2D eigenvalue weighted by Gasteiger charge is 2.12. The summed E-state index contributed by atoms with van der Waals surface area (Å²) in [7, 11) is -1.80. The van der Waals surface area contributed by atoms with Crippen LogP contribution in [0.3, 0.4) is 0 Å². The molecule has 25 heavy (non-hydrogen) atoms. The van der Waals surface area contributed by atoms with Crippen molar-refractivity contribution in [2.45, 2.75) is 4.90 Å². The highest BCUT2D eigenvalue weighted by atomic mass is 32.2. The van der Waals surface area contributed by atoms with Crippen molar-refractivity contribution in [2.24, 2.45) is 0 Å². The molecule has 0 spiro atoms. The van der Waals surface area contributed by atoms with Gasteiger partial charge in [-0.25, -0.2) is 13.2 Å². The van der Waals surface area contributed by atoms with E-state index >= 15 is 0 Å². The molecule has 1 N–H and O–H groups in total. The van der Waals surface area contributed by atoms with E-state index in [1.807, 2.05) is 0 Å². The number of carbonyl (C=O) groups is 2. The predicted octanol–water partition coefficient (Wildman–Crippen LogP) is 1.89. The Bertz CT molecular complexity index is 857. The number of nitrogens with one attached hydrogen (secondary N) is 1. The van der Waals surface area contributed by atoms with Crippen LogP contribution in [0.15, 0.2) is 53.4 Å². The first-order valence-corrected chi connectivity index (χ1v) is 9.10. The zero-order chi connectivity index (χ0) is 18.4. The summed E-state index contributed by atoms with van der Waals surface area (Å²) in [6, 6.07) is 12.0. The Hall–Kier alpha value is -2.87. The molecule has 0 unspecified atom stereocenters. The second-order valence-electron chi connectivity index (χ2n) is 5.15. The molecule has 0 atom stereocenters. The van der Waals surface area contributed by atoms with Crippen LogP contribution in [0, 0.1) is 0 Å². The molecule has 1 amide bonds. The largest absolute Gasteiger partial charge is 0.497 e. The number of methoxy groups -OCH3 is 1. The van der Waals surface area contributed by atoms with E-state index in [1.54, 1.807) is 24.3 Å². The maximum absolute atomic E-state index is 11.9. The average Bonchev–Trinajstić information content (AvgIpc) is 2.59. The molecular formula is C17H17NO6S. The van der Waals surface area contributed by atoms with E-state index in [4.69, 9.17) is 9.47 Å². The van der Waals surface area contributed by atoms with Gasteiger partial charge in [0, 0.05) is 11.9 Å². The molecule has 0 aromatic heterocycles. The van der Waals surface area contributed by atoms with Crippen molar-refractivity contribution in [1.82, 2.24) is 0 Å². The topological polar surface area (TPSA) is 98.8 Å². The maximum Gasteiger partial charge on any atom is 0.338 e. The smallest absolute Gasteiger partial charge is 0.338 e. The molecule has 0 saturated heterocycles. The first-order valence-electron chi connectivity index (χ1n) is 7.21. The van der Waals surface area contributed by atoms with Gasteiger partial charge in [0.25, 0.3) is 5.91 Å². The van der Waals surface area contributed by atoms with Crippen molar-refractivity contribution in [2.75, 3.05) is 25.3 Å². The van der Waals surface area contributed by atoms with E-state index in [2.05, 4.69) is 5.32 Å². The van der Waals surface area contributed by atoms with Gasteiger partial charge in [-0.05, 0) is 48.5 Å². The van der Waals surface area contributed by atoms with E-state index in [0.717, 1.165) is 6.26 Å². The molecular weight excluding hydrogens is 346 g/mol. The lowest BCUT2D eigenvalue weighted by Crippen LogP contribution is -2.20. The highest BCUT2D eigenvalue weighted by Crippen LogP contribution is 2.15. The number of esters is 1. The molecule has 2 rings (SSSR count). The molecule has 2 aromatic carbocycles. The number of amides is 1. The SMILES string of the molecule is COc1ccc(NC(=O)COC(=O)c2ccc(S(C)(=O)=O)cc2)cc1. The van der Waals surface area contributed by atoms with Crippen LogP contribution in [0.25, 0.3) is 0 Å². The number of hydrogen-bond acceptors (Lipinski definition) is 6. The van der Waals surface area contributed by atoms with Crippen LogP contribution >= 0.6 is 0 Å². The number of ether oxygens (including phenoxy) is 2. The number of rotatable bonds is 6. The van der Waals surface area contributed by atoms with Crippen molar-refractivity contribution in [1.29, 1.82) is 0 Å². The molecule has 0 saturated carbocycles. The summed E-state index contributed by atoms with van der Waals surface area (Å²) >= 11 is 0. The van der Waals surface area contributed by atoms with Crippen LogP contribution in [0.1, 0.15) is 10.4 Å². The van der Waals surface area contributed by atoms with Crippen molar-refractivity contribution >= 4 is 27.4 Å². The first kappa shape index (κ1) is 18.5. The fraction of sp³-hybridized carbons (Fsp3) is 0.176. The second-order valence-corrected chi connectivity index (χ2v) is 7.17. The second kappa shape index (κ2) is 7.80. The number of anilines is 1. The maximum atomic E-state index is 11.9. The van der Waals surface area contributed by atoms with Gasteiger partial charge in [0.15, 0.2) is 16.4 Å². The average molecular weight is 363 g/mol. The van der Waals surface area contributed by atoms with Gasteiger partial charge >= 0.3 is 5.97 Å². The third-order valence-electron chi connectivity index (χ3n) is 3.23. The zero-order valence-corrected chi connectivity index (χ0v) is 14.5. The van der Waals surface area contributed by atoms with Crippen molar-refractivity contribution in [3.05, 3.63) is 54.1 Å². The van der Waals surface area contributed by atoms with E-state index in [-0.39, 0.29) is 10.5 Å². The molecule has 8 heteroatoms. The molecule has 0 aliphatic rings. The summed E-state index contributed by atoms with van der Waals surface area (Å²) in [4.78, 5) is 23.8. The van der Waals surface area contributed by atoms with Crippen molar-refractivity contribution in [3.8, 4) is 5.75 Å². The summed E-state index contributed by atoms with van der Waals surface area (Å²) in [5, 5.41) is 2.58. The Morgan fingerprint density at radius 3 is 2.12 bits per heavy atom. The van der Waals surface area contributed by atoms with Crippen LogP contribution in [-0.2, 0) is 19.4 Å². The Morgan fingerprint density at radius 1 is 1.00 bits per heavy atom. The molecule has 0 aliphatic carbocycles. The van der Waals surface area contributed by atoms with Gasteiger partial charge in [-0.15, -0.1) is 0 Å². The van der Waals surface area contributed by atoms with Crippen LogP contribution in [0.5, 0.6) is 5.75 Å². The van der Waals surface area contributed by atoms with Crippen molar-refractivity contribution in [3.63, 3.8) is 0 Å². The van der Waals surface area contributed by atoms with Crippen LogP contribution in [-0.4, -0.2) is 40.3 Å². The lowest BCUT2D eigenvalue weighted by atomic mass is 10.2. The summed E-state index contributed by atoms with van der Waals surface area (Å²) in [5.74, 6) is -0.557. The third-order valence-corrected chi connectivity index (χ3v) is 4.35. The molecule has 0 aliphatic heterocycles. The van der Waals surface area contributed by atoms with Gasteiger partial charge in [0.05, 0.1) is 17.6 Å². The predicted molar refractivity (Wildman–Crippen MR) is 91.5 cm³/mol. The van der Waals surface area contributed by atoms with Crippen LogP contribution in [0.2, 0.25) is 0 Å². The summed E-state index contributed by atoms with van der Waals surface area (Å²) < 4.78 is 32.7. The van der Waals surface area contributed by atoms with Crippen LogP contribution in [0.4, 0.5) is 5.69 Å². The van der Waals surface area contributed by atoms with Gasteiger partial charge in [-0.1, -0.05) is 0 Å². The lowest BCUT2D eigenvalue weighted by molar-refractivity contribution is -0.119. The Kier molecular flexibility index (Phi) is 5.76. The summed E-state index contributed by atoms with van der Waals surface area (Å²) in [6.07, 6.45) is 1.07. The normalized spacial score (nSPS) is 10.8. The fourth-order valence-corrected chi connectivity index (χ4v) is 2.55. The van der Waals surface area contributed by atoms with Crippen molar-refractivity contribution < 1.29 is 27.5 Å². The molecule has 0 radical (unpaired) electrons. The number of sulfone groups is 1. The molecule has 132 valence electrons. The van der Waals surface area contributed by atoms with Gasteiger partial charge in [0.1, 0.15) is 5.75 Å². The number of carbonyl (C=O) groups excluding carboxylic acids is 2. The number of hydrogen-bond donors (Lipinski definition) is 1.